The van der Waals surface area contributed by atoms with Crippen LogP contribution in [0.15, 0.2) is 46.9 Å². The number of halogens is 2. The van der Waals surface area contributed by atoms with Crippen molar-refractivity contribution < 1.29 is 0 Å². The van der Waals surface area contributed by atoms with Crippen molar-refractivity contribution >= 4 is 27.5 Å². The fourth-order valence-electron chi connectivity index (χ4n) is 2.07. The van der Waals surface area contributed by atoms with Crippen LogP contribution in [0.4, 0.5) is 0 Å². The van der Waals surface area contributed by atoms with Crippen molar-refractivity contribution in [1.82, 2.24) is 5.32 Å². The summed E-state index contributed by atoms with van der Waals surface area (Å²) in [7, 11) is 1.96. The topological polar surface area (TPSA) is 12.0 Å². The molecule has 0 aliphatic heterocycles. The maximum absolute atomic E-state index is 6.06. The lowest BCUT2D eigenvalue weighted by Gasteiger charge is -2.19. The third-order valence-corrected chi connectivity index (χ3v) is 3.89. The molecular weight excluding hydrogens is 310 g/mol. The summed E-state index contributed by atoms with van der Waals surface area (Å²) in [6.07, 6.45) is 0. The van der Waals surface area contributed by atoms with E-state index in [1.54, 1.807) is 0 Å². The molecule has 2 rings (SSSR count). The number of hydrogen-bond donors (Lipinski definition) is 1. The van der Waals surface area contributed by atoms with Crippen LogP contribution >= 0.6 is 27.5 Å². The van der Waals surface area contributed by atoms with E-state index in [4.69, 9.17) is 11.6 Å². The van der Waals surface area contributed by atoms with Crippen molar-refractivity contribution in [2.45, 2.75) is 13.0 Å². The minimum Gasteiger partial charge on any atom is -0.309 e. The molecule has 0 aliphatic carbocycles. The zero-order valence-corrected chi connectivity index (χ0v) is 12.7. The highest BCUT2D eigenvalue weighted by Gasteiger charge is 2.15. The minimum atomic E-state index is 0.137. The molecule has 0 saturated heterocycles. The summed E-state index contributed by atoms with van der Waals surface area (Å²) < 4.78 is 1.10. The quantitative estimate of drug-likeness (QED) is 0.861. The second-order valence-corrected chi connectivity index (χ2v) is 5.59. The molecule has 18 heavy (non-hydrogen) atoms. The van der Waals surface area contributed by atoms with Crippen LogP contribution in [0.1, 0.15) is 22.7 Å². The van der Waals surface area contributed by atoms with Crippen LogP contribution in [0.25, 0.3) is 0 Å². The second kappa shape index (κ2) is 5.87. The number of nitrogens with one attached hydrogen (secondary N) is 1. The first-order valence-electron chi connectivity index (χ1n) is 5.80. The van der Waals surface area contributed by atoms with Crippen molar-refractivity contribution in [3.63, 3.8) is 0 Å². The molecule has 2 aromatic carbocycles. The summed E-state index contributed by atoms with van der Waals surface area (Å²) in [6.45, 7) is 2.10. The molecule has 1 N–H and O–H groups in total. The third-order valence-electron chi connectivity index (χ3n) is 2.93. The Labute approximate surface area is 121 Å². The van der Waals surface area contributed by atoms with Gasteiger partial charge in [-0.05, 0) is 43.3 Å². The zero-order chi connectivity index (χ0) is 13.1. The molecule has 1 unspecified atom stereocenters. The lowest BCUT2D eigenvalue weighted by atomic mass is 9.97. The summed E-state index contributed by atoms with van der Waals surface area (Å²) in [5, 5.41) is 4.10. The minimum absolute atomic E-state index is 0.137. The van der Waals surface area contributed by atoms with Gasteiger partial charge in [0.1, 0.15) is 0 Å². The monoisotopic (exact) mass is 323 g/mol. The van der Waals surface area contributed by atoms with Crippen LogP contribution in [0.5, 0.6) is 0 Å². The molecule has 0 amide bonds. The van der Waals surface area contributed by atoms with E-state index in [1.807, 2.05) is 25.2 Å². The predicted octanol–water partition coefficient (Wildman–Crippen LogP) is 4.72. The summed E-state index contributed by atoms with van der Waals surface area (Å²) in [6, 6.07) is 14.5. The molecule has 0 aromatic heterocycles. The van der Waals surface area contributed by atoms with E-state index in [0.29, 0.717) is 0 Å². The van der Waals surface area contributed by atoms with Gasteiger partial charge in [-0.3, -0.25) is 0 Å². The van der Waals surface area contributed by atoms with E-state index in [1.165, 1.54) is 11.1 Å². The lowest BCUT2D eigenvalue weighted by Crippen LogP contribution is -2.18. The van der Waals surface area contributed by atoms with E-state index >= 15 is 0 Å². The molecule has 2 aromatic rings. The van der Waals surface area contributed by atoms with E-state index < -0.39 is 0 Å². The Morgan fingerprint density at radius 2 is 1.94 bits per heavy atom. The van der Waals surface area contributed by atoms with Gasteiger partial charge in [-0.25, -0.2) is 0 Å². The fourth-order valence-corrected chi connectivity index (χ4v) is 2.75. The Bertz CT molecular complexity index is 554. The normalized spacial score (nSPS) is 12.4. The van der Waals surface area contributed by atoms with Gasteiger partial charge in [0, 0.05) is 9.50 Å². The van der Waals surface area contributed by atoms with Crippen LogP contribution in [0.3, 0.4) is 0 Å². The fraction of sp³-hybridized carbons (Fsp3) is 0.200. The van der Waals surface area contributed by atoms with E-state index in [9.17, 15) is 0 Å². The zero-order valence-electron chi connectivity index (χ0n) is 10.4. The Kier molecular flexibility index (Phi) is 4.44. The van der Waals surface area contributed by atoms with Crippen LogP contribution in [-0.2, 0) is 0 Å². The molecule has 0 radical (unpaired) electrons. The molecule has 0 bridgehead atoms. The van der Waals surface area contributed by atoms with Gasteiger partial charge >= 0.3 is 0 Å². The number of rotatable bonds is 3. The third kappa shape index (κ3) is 2.94. The molecule has 3 heteroatoms. The molecule has 1 nitrogen and oxygen atoms in total. The van der Waals surface area contributed by atoms with E-state index in [2.05, 4.69) is 52.4 Å². The molecule has 0 heterocycles. The average molecular weight is 325 g/mol. The van der Waals surface area contributed by atoms with Crippen LogP contribution in [0.2, 0.25) is 5.02 Å². The standard InChI is InChI=1S/C15H15BrClN/c1-10-6-7-14(16)13(8-10)15(18-2)11-4-3-5-12(17)9-11/h3-9,15,18H,1-2H3. The Hall–Kier alpha value is -0.830. The molecule has 1 atom stereocenters. The first-order chi connectivity index (χ1) is 8.61. The second-order valence-electron chi connectivity index (χ2n) is 4.30. The van der Waals surface area contributed by atoms with Crippen molar-refractivity contribution in [2.24, 2.45) is 0 Å². The molecule has 0 saturated carbocycles. The van der Waals surface area contributed by atoms with Crippen LogP contribution in [-0.4, -0.2) is 7.05 Å². The first-order valence-corrected chi connectivity index (χ1v) is 6.97. The Morgan fingerprint density at radius 3 is 2.61 bits per heavy atom. The van der Waals surface area contributed by atoms with Gasteiger partial charge in [0.15, 0.2) is 0 Å². The number of aryl methyl sites for hydroxylation is 1. The van der Waals surface area contributed by atoms with Crippen LogP contribution in [0, 0.1) is 6.92 Å². The summed E-state index contributed by atoms with van der Waals surface area (Å²) in [4.78, 5) is 0. The van der Waals surface area contributed by atoms with E-state index in [0.717, 1.165) is 15.1 Å². The highest BCUT2D eigenvalue weighted by atomic mass is 79.9. The predicted molar refractivity (Wildman–Crippen MR) is 81.2 cm³/mol. The van der Waals surface area contributed by atoms with Crippen LogP contribution < -0.4 is 5.32 Å². The summed E-state index contributed by atoms with van der Waals surface area (Å²) >= 11 is 9.68. The van der Waals surface area contributed by atoms with Crippen molar-refractivity contribution in [1.29, 1.82) is 0 Å². The maximum atomic E-state index is 6.06. The SMILES string of the molecule is CNC(c1cccc(Cl)c1)c1cc(C)ccc1Br. The smallest absolute Gasteiger partial charge is 0.0586 e. The largest absolute Gasteiger partial charge is 0.309 e. The van der Waals surface area contributed by atoms with Gasteiger partial charge in [-0.1, -0.05) is 57.4 Å². The number of benzene rings is 2. The Balaban J connectivity index is 2.48. The summed E-state index contributed by atoms with van der Waals surface area (Å²) in [5.41, 5.74) is 3.63. The van der Waals surface area contributed by atoms with Gasteiger partial charge in [0.2, 0.25) is 0 Å². The molecule has 0 aliphatic rings. The average Bonchev–Trinajstić information content (AvgIpc) is 2.35. The van der Waals surface area contributed by atoms with Crippen molar-refractivity contribution in [2.75, 3.05) is 7.05 Å². The lowest BCUT2D eigenvalue weighted by molar-refractivity contribution is 0.688. The summed E-state index contributed by atoms with van der Waals surface area (Å²) in [5.74, 6) is 0. The molecular formula is C15H15BrClN. The van der Waals surface area contributed by atoms with Gasteiger partial charge in [-0.15, -0.1) is 0 Å². The van der Waals surface area contributed by atoms with Crippen molar-refractivity contribution in [3.8, 4) is 0 Å². The highest BCUT2D eigenvalue weighted by Crippen LogP contribution is 2.30. The van der Waals surface area contributed by atoms with Gasteiger partial charge in [-0.2, -0.15) is 0 Å². The maximum Gasteiger partial charge on any atom is 0.0586 e. The first kappa shape index (κ1) is 13.6. The Morgan fingerprint density at radius 1 is 1.17 bits per heavy atom. The van der Waals surface area contributed by atoms with Crippen molar-refractivity contribution in [3.05, 3.63) is 68.7 Å². The highest BCUT2D eigenvalue weighted by molar-refractivity contribution is 9.10. The van der Waals surface area contributed by atoms with Gasteiger partial charge in [0.05, 0.1) is 6.04 Å². The molecule has 0 fully saturated rings. The molecule has 0 spiro atoms. The number of hydrogen-bond acceptors (Lipinski definition) is 1. The van der Waals surface area contributed by atoms with Gasteiger partial charge < -0.3 is 5.32 Å². The van der Waals surface area contributed by atoms with Gasteiger partial charge in [0.25, 0.3) is 0 Å². The van der Waals surface area contributed by atoms with E-state index in [-0.39, 0.29) is 6.04 Å². The molecule has 94 valence electrons.